The lowest BCUT2D eigenvalue weighted by atomic mass is 9.60. The molecule has 0 saturated carbocycles. The summed E-state index contributed by atoms with van der Waals surface area (Å²) in [5, 5.41) is 16.3. The second kappa shape index (κ2) is 36.8. The zero-order chi connectivity index (χ0) is 97.1. The van der Waals surface area contributed by atoms with E-state index in [-0.39, 0.29) is 69.6 Å². The summed E-state index contributed by atoms with van der Waals surface area (Å²) in [6.07, 6.45) is 6.88. The Labute approximate surface area is 850 Å². The normalized spacial score (nSPS) is 14.5. The summed E-state index contributed by atoms with van der Waals surface area (Å²) in [6.45, 7) is 51.5. The lowest BCUT2D eigenvalue weighted by molar-refractivity contribution is -0.643. The molecule has 0 saturated heterocycles. The monoisotopic (exact) mass is 1890 g/mol. The van der Waals surface area contributed by atoms with Crippen LogP contribution in [0.1, 0.15) is 226 Å². The van der Waals surface area contributed by atoms with Crippen LogP contribution in [0, 0.1) is 53.4 Å². The van der Waals surface area contributed by atoms with Crippen molar-refractivity contribution in [1.29, 1.82) is 0 Å². The van der Waals surface area contributed by atoms with Gasteiger partial charge in [-0.3, -0.25) is 0 Å². The molecule has 3 aliphatic rings. The molecule has 0 radical (unpaired) electrons. The predicted octanol–water partition coefficient (Wildman–Crippen LogP) is 31.9. The summed E-state index contributed by atoms with van der Waals surface area (Å²) in [4.78, 5) is 0. The molecule has 3 aliphatic heterocycles. The molecule has 0 aliphatic carbocycles. The highest BCUT2D eigenvalue weighted by Crippen LogP contribution is 2.56. The molecule has 9 aromatic heterocycles. The molecule has 0 amide bonds. The number of pyridine rings is 4. The minimum absolute atomic E-state index is 0. The SMILES string of the molecule is C.C.C.C.C.Cc1cccc2c3cccc4c3[n+]3c(c(C)n(C)c3c12)C(C)(C)C4(C)C.Cc1cccc2c3cccc4c3n3c(c(-c5ccccc5)[n+](C)c3c12)C(C)(C)C4(C)C.Cc1cccc2c3cccc4c3n3c(c[n+](C)c3c12)C(C)(C)C4(C)C.Cc1cccc2c3ccccc3n3c(-c4c(CC(C)C)cccc4CC(C)C)c[n+](C)c3c12.Cc1ccccc1-c1n(-c2ccccc2)c2ccccc2[n+]1C. The minimum atomic E-state index is -0.0556. The molecule has 10 heteroatoms. The highest BCUT2D eigenvalue weighted by atomic mass is 15.2. The smallest absolute Gasteiger partial charge is 0.232 e. The maximum atomic E-state index is 2.59. The van der Waals surface area contributed by atoms with E-state index in [2.05, 4.69) is 524 Å². The van der Waals surface area contributed by atoms with Gasteiger partial charge in [-0.1, -0.05) is 391 Å². The Morgan fingerprint density at radius 3 is 1.29 bits per heavy atom. The third-order valence-corrected chi connectivity index (χ3v) is 33.9. The molecule has 0 unspecified atom stereocenters. The Bertz CT molecular complexity index is 8790. The van der Waals surface area contributed by atoms with E-state index in [0.717, 1.165) is 12.8 Å². The van der Waals surface area contributed by atoms with Crippen LogP contribution in [0.25, 0.3) is 160 Å². The van der Waals surface area contributed by atoms with Gasteiger partial charge in [-0.2, -0.15) is 22.2 Å². The van der Waals surface area contributed by atoms with Gasteiger partial charge in [0.15, 0.2) is 39.5 Å². The van der Waals surface area contributed by atoms with Gasteiger partial charge < -0.3 is 0 Å². The van der Waals surface area contributed by atoms with Crippen molar-refractivity contribution in [2.45, 2.75) is 235 Å². The summed E-state index contributed by atoms with van der Waals surface area (Å²) in [7, 11) is 11.0. The van der Waals surface area contributed by atoms with Crippen molar-refractivity contribution >= 4 is 120 Å². The van der Waals surface area contributed by atoms with Crippen molar-refractivity contribution in [2.75, 3.05) is 0 Å². The maximum Gasteiger partial charge on any atom is 0.295 e. The largest absolute Gasteiger partial charge is 0.295 e. The van der Waals surface area contributed by atoms with Crippen molar-refractivity contribution in [3.05, 3.63) is 370 Å². The number of para-hydroxylation sites is 7. The molecule has 0 spiro atoms. The van der Waals surface area contributed by atoms with Crippen LogP contribution in [0.5, 0.6) is 0 Å². The molecular weight excluding hydrogens is 1740 g/mol. The Morgan fingerprint density at radius 1 is 0.329 bits per heavy atom. The number of hydrogen-bond acceptors (Lipinski definition) is 0. The van der Waals surface area contributed by atoms with E-state index in [1.807, 2.05) is 0 Å². The Balaban J connectivity index is 0.000000128. The second-order valence-electron chi connectivity index (χ2n) is 44.4. The van der Waals surface area contributed by atoms with Gasteiger partial charge >= 0.3 is 0 Å². The maximum absolute atomic E-state index is 2.59. The van der Waals surface area contributed by atoms with Crippen LogP contribution >= 0.6 is 0 Å². The van der Waals surface area contributed by atoms with Gasteiger partial charge in [0, 0.05) is 110 Å². The number of aromatic nitrogens is 10. The average Bonchev–Trinajstić information content (AvgIpc) is 1.53. The standard InChI is InChI=1S/C31H35N2.C29H29N2.C24H27N2.C23H25N2.C21H19N2.5CH4/c1-20(2)17-23-12-10-13-24(18-21(3)4)30(23)28-19-32(6)31-29-22(5)11-9-15-26(29)25-14-7-8-16-27(25)33(28)31;1-18-12-10-15-20-21-16-11-17-22-25(21)31-26(29(4,5)28(22,2)3)24(19-13-8-7-9-14-19)30(6)27(31)23(18)20;1-14-10-8-11-16-17-12-9-13-18-20(17)26-21(24(5,6)23(18,3)4)15(2)25(7)22(26)19(14)16;1-14-9-7-10-15-16-11-8-12-17-20(16)25-18(23(4,5)22(17,2)3)13-24(6)21(25)19(14)15;1-16-10-6-7-13-18(16)21-22(2)19-14-8-9-15-20(19)23(21)17-11-4-3-5-12-17;;;;;/h7-16,19-21H,17-18H2,1-6H3;7-17H,1-6H3;8-13H,1-7H3;7-13H,1-6H3;3-15H,1-2H3;5*1H4/q5*+1;;;;;. The van der Waals surface area contributed by atoms with Crippen LogP contribution in [-0.2, 0) is 80.6 Å². The molecule has 0 N–H and O–H groups in total. The number of benzene rings is 13. The van der Waals surface area contributed by atoms with Crippen molar-refractivity contribution in [1.82, 2.24) is 22.3 Å². The fraction of sp³-hybridized carbons (Fsp3) is 0.316. The summed E-state index contributed by atoms with van der Waals surface area (Å²) >= 11 is 0. The summed E-state index contributed by atoms with van der Waals surface area (Å²) in [5.74, 6) is 2.42. The molecule has 22 aromatic rings. The first-order chi connectivity index (χ1) is 65.9. The first-order valence-electron chi connectivity index (χ1n) is 50.1. The van der Waals surface area contributed by atoms with Gasteiger partial charge in [0.25, 0.3) is 28.4 Å². The van der Waals surface area contributed by atoms with E-state index in [1.54, 1.807) is 0 Å². The lowest BCUT2D eigenvalue weighted by Gasteiger charge is -2.43. The third kappa shape index (κ3) is 14.9. The van der Waals surface area contributed by atoms with Gasteiger partial charge in [0.2, 0.25) is 0 Å². The van der Waals surface area contributed by atoms with Gasteiger partial charge in [0.05, 0.1) is 62.3 Å². The second-order valence-corrected chi connectivity index (χ2v) is 44.4. The zero-order valence-corrected chi connectivity index (χ0v) is 86.3. The molecule has 0 bridgehead atoms. The van der Waals surface area contributed by atoms with Crippen LogP contribution in [0.4, 0.5) is 0 Å². The van der Waals surface area contributed by atoms with Crippen LogP contribution < -0.4 is 22.7 Å². The Morgan fingerprint density at radius 2 is 0.734 bits per heavy atom. The van der Waals surface area contributed by atoms with Gasteiger partial charge in [-0.15, -0.1) is 0 Å². The molecule has 13 aromatic carbocycles. The number of nitrogens with zero attached hydrogens (tertiary/aromatic N) is 10. The Hall–Kier alpha value is -13.8. The lowest BCUT2D eigenvalue weighted by Crippen LogP contribution is -2.51. The Kier molecular flexibility index (Phi) is 26.3. The van der Waals surface area contributed by atoms with E-state index in [0.29, 0.717) is 11.8 Å². The van der Waals surface area contributed by atoms with Crippen LogP contribution in [0.2, 0.25) is 0 Å². The fourth-order valence-electron chi connectivity index (χ4n) is 25.0. The van der Waals surface area contributed by atoms with Crippen LogP contribution in [0.3, 0.4) is 0 Å². The molecule has 12 heterocycles. The van der Waals surface area contributed by atoms with Crippen molar-refractivity contribution in [3.63, 3.8) is 0 Å². The summed E-state index contributed by atoms with van der Waals surface area (Å²) in [6, 6.07) is 102. The number of hydrogen-bond donors (Lipinski definition) is 0. The van der Waals surface area contributed by atoms with E-state index >= 15 is 0 Å². The number of rotatable bonds is 8. The third-order valence-electron chi connectivity index (χ3n) is 33.9. The fourth-order valence-corrected chi connectivity index (χ4v) is 25.0. The van der Waals surface area contributed by atoms with Gasteiger partial charge in [-0.05, 0) is 135 Å². The predicted molar refractivity (Wildman–Crippen MR) is 612 cm³/mol. The molecule has 0 atom stereocenters. The van der Waals surface area contributed by atoms with Gasteiger partial charge in [-0.25, -0.2) is 22.8 Å². The zero-order valence-electron chi connectivity index (χ0n) is 86.3. The summed E-state index contributed by atoms with van der Waals surface area (Å²) in [5.41, 5.74) is 40.5. The molecule has 10 nitrogen and oxygen atoms in total. The number of aryl methyl sites for hydroxylation is 10. The van der Waals surface area contributed by atoms with Crippen molar-refractivity contribution < 1.29 is 22.7 Å². The van der Waals surface area contributed by atoms with Crippen molar-refractivity contribution in [2.24, 2.45) is 47.1 Å². The van der Waals surface area contributed by atoms with E-state index in [4.69, 9.17) is 0 Å². The summed E-state index contributed by atoms with van der Waals surface area (Å²) < 4.78 is 24.4. The van der Waals surface area contributed by atoms with E-state index < -0.39 is 0 Å². The topological polar surface area (TPSA) is 42.7 Å². The molecule has 0 fully saturated rings. The van der Waals surface area contributed by atoms with Crippen molar-refractivity contribution in [3.8, 4) is 39.6 Å². The molecule has 732 valence electrons. The van der Waals surface area contributed by atoms with Crippen LogP contribution in [0.15, 0.2) is 291 Å². The van der Waals surface area contributed by atoms with E-state index in [9.17, 15) is 0 Å². The molecule has 25 rings (SSSR count). The quantitative estimate of drug-likeness (QED) is 0.107. The number of imidazole rings is 5. The highest BCUT2D eigenvalue weighted by molar-refractivity contribution is 6.17. The first kappa shape index (κ1) is 102. The van der Waals surface area contributed by atoms with E-state index in [1.165, 1.54) is 238 Å². The number of fused-ring (bicyclic) bond motifs is 16. The first-order valence-corrected chi connectivity index (χ1v) is 50.1. The molecule has 143 heavy (non-hydrogen) atoms. The highest BCUT2D eigenvalue weighted by Gasteiger charge is 2.55. The van der Waals surface area contributed by atoms with Crippen LogP contribution in [-0.4, -0.2) is 22.3 Å². The average molecular weight is 1890 g/mol. The minimum Gasteiger partial charge on any atom is -0.232 e. The van der Waals surface area contributed by atoms with Gasteiger partial charge in [0.1, 0.15) is 45.8 Å². The molecular formula is C133H155N10+5.